The number of thiazole rings is 1. The van der Waals surface area contributed by atoms with Crippen molar-refractivity contribution in [2.45, 2.75) is 25.9 Å². The van der Waals surface area contributed by atoms with Crippen molar-refractivity contribution in [3.05, 3.63) is 16.1 Å². The summed E-state index contributed by atoms with van der Waals surface area (Å²) in [5.41, 5.74) is 0.118. The highest BCUT2D eigenvalue weighted by Gasteiger charge is 2.40. The fourth-order valence-electron chi connectivity index (χ4n) is 2.20. The van der Waals surface area contributed by atoms with E-state index in [-0.39, 0.29) is 10.9 Å². The van der Waals surface area contributed by atoms with Gasteiger partial charge in [-0.3, -0.25) is 9.69 Å². The second kappa shape index (κ2) is 4.90. The van der Waals surface area contributed by atoms with Gasteiger partial charge >= 0.3 is 5.97 Å². The number of carbonyl (C=O) groups excluding carboxylic acids is 1. The fraction of sp³-hybridized carbons (Fsp3) is 0.583. The second-order valence-corrected chi connectivity index (χ2v) is 6.01. The number of rotatable bonds is 3. The first-order valence-electron chi connectivity index (χ1n) is 6.00. The lowest BCUT2D eigenvalue weighted by molar-refractivity contribution is -0.147. The number of nitrogens with zero attached hydrogens (tertiary/aromatic N) is 3. The van der Waals surface area contributed by atoms with Gasteiger partial charge in [0.25, 0.3) is 0 Å². The highest BCUT2D eigenvalue weighted by atomic mass is 32.1. The van der Waals surface area contributed by atoms with Gasteiger partial charge in [-0.1, -0.05) is 0 Å². The van der Waals surface area contributed by atoms with Crippen LogP contribution in [0.25, 0.3) is 0 Å². The lowest BCUT2D eigenvalue weighted by Crippen LogP contribution is -2.61. The highest BCUT2D eigenvalue weighted by molar-refractivity contribution is 7.11. The first-order chi connectivity index (χ1) is 8.82. The third kappa shape index (κ3) is 2.62. The molecule has 6 nitrogen and oxygen atoms in total. The van der Waals surface area contributed by atoms with Gasteiger partial charge in [-0.2, -0.15) is 0 Å². The maximum Gasteiger partial charge on any atom is 0.365 e. The minimum atomic E-state index is -1.01. The fourth-order valence-corrected chi connectivity index (χ4v) is 2.85. The zero-order valence-electron chi connectivity index (χ0n) is 11.2. The number of hydrogen-bond acceptors (Lipinski definition) is 5. The van der Waals surface area contributed by atoms with E-state index in [0.717, 1.165) is 17.9 Å². The molecule has 19 heavy (non-hydrogen) atoms. The van der Waals surface area contributed by atoms with E-state index in [9.17, 15) is 9.59 Å². The Labute approximate surface area is 115 Å². The predicted molar refractivity (Wildman–Crippen MR) is 71.2 cm³/mol. The molecule has 0 atom stereocenters. The summed E-state index contributed by atoms with van der Waals surface area (Å²) in [6.07, 6.45) is 0. The van der Waals surface area contributed by atoms with Gasteiger partial charge in [-0.05, 0) is 13.8 Å². The van der Waals surface area contributed by atoms with Crippen LogP contribution >= 0.6 is 11.3 Å². The molecule has 0 bridgehead atoms. The Hall–Kier alpha value is -1.47. The number of amides is 1. The van der Waals surface area contributed by atoms with E-state index >= 15 is 0 Å². The zero-order chi connectivity index (χ0) is 14.2. The average molecular weight is 283 g/mol. The normalized spacial score (nSPS) is 19.7. The van der Waals surface area contributed by atoms with Crippen LogP contribution in [0.15, 0.2) is 5.38 Å². The highest BCUT2D eigenvalue weighted by Crippen LogP contribution is 2.24. The van der Waals surface area contributed by atoms with Crippen LogP contribution < -0.4 is 0 Å². The smallest absolute Gasteiger partial charge is 0.365 e. The molecule has 0 aromatic carbocycles. The average Bonchev–Trinajstić information content (AvgIpc) is 2.79. The van der Waals surface area contributed by atoms with E-state index in [1.807, 2.05) is 18.7 Å². The molecule has 0 radical (unpaired) electrons. The van der Waals surface area contributed by atoms with Crippen molar-refractivity contribution in [3.8, 4) is 0 Å². The summed E-state index contributed by atoms with van der Waals surface area (Å²) in [6.45, 7) is 5.70. The molecule has 2 heterocycles. The molecule has 1 saturated heterocycles. The largest absolute Gasteiger partial charge is 0.476 e. The van der Waals surface area contributed by atoms with Crippen LogP contribution in [-0.2, 0) is 11.3 Å². The molecule has 0 saturated carbocycles. The molecule has 0 aliphatic carbocycles. The van der Waals surface area contributed by atoms with Crippen LogP contribution in [0.3, 0.4) is 0 Å². The third-order valence-electron chi connectivity index (χ3n) is 3.45. The van der Waals surface area contributed by atoms with Crippen LogP contribution in [0.1, 0.15) is 29.3 Å². The van der Waals surface area contributed by atoms with Crippen LogP contribution in [0.4, 0.5) is 0 Å². The molecule has 104 valence electrons. The number of aromatic carboxylic acids is 1. The van der Waals surface area contributed by atoms with Crippen molar-refractivity contribution in [2.75, 3.05) is 20.1 Å². The van der Waals surface area contributed by atoms with Gasteiger partial charge in [0, 0.05) is 32.1 Å². The Balaban J connectivity index is 2.13. The van der Waals surface area contributed by atoms with Gasteiger partial charge < -0.3 is 10.0 Å². The number of carboxylic acid groups (broad SMARTS) is 1. The number of hydrogen-bond donors (Lipinski definition) is 1. The summed E-state index contributed by atoms with van der Waals surface area (Å²) in [7, 11) is 1.80. The Morgan fingerprint density at radius 2 is 2.21 bits per heavy atom. The van der Waals surface area contributed by atoms with Gasteiger partial charge in [0.05, 0.1) is 11.2 Å². The van der Waals surface area contributed by atoms with Crippen molar-refractivity contribution >= 4 is 23.2 Å². The number of piperazine rings is 1. The maximum atomic E-state index is 12.1. The van der Waals surface area contributed by atoms with Gasteiger partial charge in [0.15, 0.2) is 0 Å². The molecule has 1 amide bonds. The zero-order valence-corrected chi connectivity index (χ0v) is 12.0. The Morgan fingerprint density at radius 3 is 2.79 bits per heavy atom. The molecule has 1 aromatic rings. The van der Waals surface area contributed by atoms with Crippen LogP contribution in [0.5, 0.6) is 0 Å². The Morgan fingerprint density at radius 1 is 1.53 bits per heavy atom. The molecule has 0 unspecified atom stereocenters. The van der Waals surface area contributed by atoms with Gasteiger partial charge in [0.1, 0.15) is 0 Å². The third-order valence-corrected chi connectivity index (χ3v) is 4.33. The SMILES string of the molecule is CN1CCN(Cc2csc(C(=O)O)n2)C(C)(C)C1=O. The van der Waals surface area contributed by atoms with Crippen molar-refractivity contribution in [3.63, 3.8) is 0 Å². The number of carboxylic acids is 1. The molecule has 1 N–H and O–H groups in total. The minimum absolute atomic E-state index is 0.0763. The molecular formula is C12H17N3O3S. The lowest BCUT2D eigenvalue weighted by Gasteiger charge is -2.44. The summed E-state index contributed by atoms with van der Waals surface area (Å²) in [4.78, 5) is 30.8. The summed E-state index contributed by atoms with van der Waals surface area (Å²) in [5.74, 6) is -0.933. The van der Waals surface area contributed by atoms with Crippen LogP contribution in [0.2, 0.25) is 0 Å². The Kier molecular flexibility index (Phi) is 3.60. The van der Waals surface area contributed by atoms with E-state index < -0.39 is 11.5 Å². The molecule has 1 fully saturated rings. The molecule has 0 spiro atoms. The first-order valence-corrected chi connectivity index (χ1v) is 6.88. The Bertz CT molecular complexity index is 512. The number of carbonyl (C=O) groups is 2. The minimum Gasteiger partial charge on any atom is -0.476 e. The summed E-state index contributed by atoms with van der Waals surface area (Å²) in [5, 5.41) is 10.7. The second-order valence-electron chi connectivity index (χ2n) is 5.16. The first kappa shape index (κ1) is 14.0. The topological polar surface area (TPSA) is 73.7 Å². The van der Waals surface area contributed by atoms with Crippen molar-refractivity contribution < 1.29 is 14.7 Å². The number of aromatic nitrogens is 1. The molecule has 2 rings (SSSR count). The molecule has 7 heteroatoms. The van der Waals surface area contributed by atoms with Gasteiger partial charge in [-0.25, -0.2) is 9.78 Å². The van der Waals surface area contributed by atoms with E-state index in [1.54, 1.807) is 17.3 Å². The van der Waals surface area contributed by atoms with E-state index in [1.165, 1.54) is 0 Å². The van der Waals surface area contributed by atoms with Crippen LogP contribution in [-0.4, -0.2) is 57.4 Å². The summed E-state index contributed by atoms with van der Waals surface area (Å²) < 4.78 is 0. The number of likely N-dealkylation sites (N-methyl/N-ethyl adjacent to an activating group) is 1. The van der Waals surface area contributed by atoms with E-state index in [2.05, 4.69) is 4.98 Å². The quantitative estimate of drug-likeness (QED) is 0.892. The van der Waals surface area contributed by atoms with Gasteiger partial charge in [0.2, 0.25) is 10.9 Å². The van der Waals surface area contributed by atoms with Crippen molar-refractivity contribution in [1.82, 2.24) is 14.8 Å². The maximum absolute atomic E-state index is 12.1. The predicted octanol–water partition coefficient (Wildman–Crippen LogP) is 0.894. The molecule has 1 aromatic heterocycles. The standard InChI is InChI=1S/C12H17N3O3S/c1-12(2)11(18)14(3)4-5-15(12)6-8-7-19-9(13-8)10(16)17/h7H,4-6H2,1-3H3,(H,16,17). The molecule has 1 aliphatic heterocycles. The monoisotopic (exact) mass is 283 g/mol. The van der Waals surface area contributed by atoms with Gasteiger partial charge in [-0.15, -0.1) is 11.3 Å². The summed E-state index contributed by atoms with van der Waals surface area (Å²) >= 11 is 1.12. The molecular weight excluding hydrogens is 266 g/mol. The summed E-state index contributed by atoms with van der Waals surface area (Å²) in [6, 6.07) is 0. The molecule has 1 aliphatic rings. The van der Waals surface area contributed by atoms with E-state index in [4.69, 9.17) is 5.11 Å². The van der Waals surface area contributed by atoms with Crippen LogP contribution in [0, 0.1) is 0 Å². The van der Waals surface area contributed by atoms with E-state index in [0.29, 0.717) is 18.8 Å². The van der Waals surface area contributed by atoms with Crippen molar-refractivity contribution in [1.29, 1.82) is 0 Å². The van der Waals surface area contributed by atoms with Crippen molar-refractivity contribution in [2.24, 2.45) is 0 Å². The lowest BCUT2D eigenvalue weighted by atomic mass is 9.97.